The first-order chi connectivity index (χ1) is 11.5. The molecule has 0 aromatic heterocycles. The second-order valence-electron chi connectivity index (χ2n) is 6.15. The zero-order valence-corrected chi connectivity index (χ0v) is 16.6. The van der Waals surface area contributed by atoms with E-state index in [2.05, 4.69) is 12.1 Å². The van der Waals surface area contributed by atoms with Crippen molar-refractivity contribution in [3.05, 3.63) is 30.3 Å². The molecule has 0 radical (unpaired) electrons. The predicted octanol–water partition coefficient (Wildman–Crippen LogP) is 3.13. The first kappa shape index (κ1) is 22.9. The number of hydrogen-bond donors (Lipinski definition) is 5. The highest BCUT2D eigenvalue weighted by molar-refractivity contribution is 7.99. The third kappa shape index (κ3) is 9.36. The Kier molecular flexibility index (Phi) is 9.37. The average Bonchev–Trinajstić information content (AvgIpc) is 2.48. The van der Waals surface area contributed by atoms with E-state index in [-0.39, 0.29) is 6.42 Å². The van der Waals surface area contributed by atoms with Crippen molar-refractivity contribution in [1.29, 1.82) is 0 Å². The van der Waals surface area contributed by atoms with Gasteiger partial charge in [0.15, 0.2) is 0 Å². The van der Waals surface area contributed by atoms with Gasteiger partial charge in [-0.3, -0.25) is 9.13 Å². The van der Waals surface area contributed by atoms with E-state index < -0.39 is 26.6 Å². The number of unbranched alkanes of at least 4 members (excludes halogenated alkanes) is 4. The summed E-state index contributed by atoms with van der Waals surface area (Å²) >= 11 is 1.79. The maximum Gasteiger partial charge on any atom is 0.345 e. The number of nitrogens with two attached hydrogens (primary N) is 1. The average molecular weight is 411 g/mol. The van der Waals surface area contributed by atoms with Gasteiger partial charge in [0.25, 0.3) is 0 Å². The maximum absolute atomic E-state index is 11.5. The number of benzene rings is 1. The van der Waals surface area contributed by atoms with Crippen LogP contribution >= 0.6 is 27.0 Å². The number of hydrogen-bond acceptors (Lipinski definition) is 4. The van der Waals surface area contributed by atoms with Crippen molar-refractivity contribution >= 4 is 27.0 Å². The van der Waals surface area contributed by atoms with Gasteiger partial charge < -0.3 is 25.3 Å². The van der Waals surface area contributed by atoms with Crippen molar-refractivity contribution in [3.8, 4) is 0 Å². The second kappa shape index (κ2) is 10.2. The first-order valence-electron chi connectivity index (χ1n) is 8.10. The Morgan fingerprint density at radius 1 is 0.920 bits per heavy atom. The number of thioether (sulfide) groups is 1. The van der Waals surface area contributed by atoms with Crippen LogP contribution in [-0.4, -0.2) is 36.8 Å². The van der Waals surface area contributed by atoms with Gasteiger partial charge in [-0.1, -0.05) is 43.9 Å². The van der Waals surface area contributed by atoms with Gasteiger partial charge in [0.1, 0.15) is 5.28 Å². The molecule has 6 N–H and O–H groups in total. The van der Waals surface area contributed by atoms with E-state index in [4.69, 9.17) is 15.5 Å². The van der Waals surface area contributed by atoms with Gasteiger partial charge in [-0.2, -0.15) is 0 Å². The molecule has 0 saturated carbocycles. The van der Waals surface area contributed by atoms with Gasteiger partial charge in [0, 0.05) is 4.90 Å². The lowest BCUT2D eigenvalue weighted by Crippen LogP contribution is -2.43. The Morgan fingerprint density at radius 2 is 1.48 bits per heavy atom. The molecule has 1 atom stereocenters. The normalized spacial score (nSPS) is 15.1. The minimum atomic E-state index is -4.80. The molecule has 0 saturated heterocycles. The van der Waals surface area contributed by atoms with Crippen molar-refractivity contribution in [2.24, 2.45) is 5.73 Å². The molecule has 1 aromatic carbocycles. The van der Waals surface area contributed by atoms with Gasteiger partial charge >= 0.3 is 15.2 Å². The van der Waals surface area contributed by atoms with Crippen LogP contribution in [0.1, 0.15) is 38.5 Å². The molecule has 0 aliphatic carbocycles. The van der Waals surface area contributed by atoms with E-state index in [0.717, 1.165) is 31.4 Å². The highest BCUT2D eigenvalue weighted by Crippen LogP contribution is 2.55. The van der Waals surface area contributed by atoms with E-state index in [0.29, 0.717) is 6.42 Å². The quantitative estimate of drug-likeness (QED) is 0.201. The van der Waals surface area contributed by atoms with Gasteiger partial charge in [-0.25, -0.2) is 0 Å². The van der Waals surface area contributed by atoms with E-state index >= 15 is 0 Å². The standard InChI is InChI=1S/C15H27NO6P2S/c16-15(24(20,21)22,13-23(17,18)19)11-7-2-1-3-8-12-25-14-9-5-4-6-10-14/h4-6,9-10H,1-3,7-8,11-13,16H2,(H2,17,18,19)(H2,20,21,22). The van der Waals surface area contributed by atoms with Crippen molar-refractivity contribution in [2.45, 2.75) is 48.7 Å². The molecule has 0 bridgehead atoms. The first-order valence-corrected chi connectivity index (χ1v) is 12.5. The fourth-order valence-corrected chi connectivity index (χ4v) is 5.99. The van der Waals surface area contributed by atoms with Crippen molar-refractivity contribution in [2.75, 3.05) is 11.9 Å². The molecule has 10 heteroatoms. The molecular weight excluding hydrogens is 384 g/mol. The zero-order valence-electron chi connectivity index (χ0n) is 14.0. The molecule has 0 spiro atoms. The van der Waals surface area contributed by atoms with Crippen LogP contribution in [0, 0.1) is 0 Å². The molecule has 0 aliphatic heterocycles. The lowest BCUT2D eigenvalue weighted by atomic mass is 10.1. The molecule has 0 fully saturated rings. The van der Waals surface area contributed by atoms with Crippen molar-refractivity contribution in [1.82, 2.24) is 0 Å². The highest BCUT2D eigenvalue weighted by Gasteiger charge is 2.47. The van der Waals surface area contributed by atoms with Gasteiger partial charge in [-0.15, -0.1) is 11.8 Å². The molecule has 1 rings (SSSR count). The summed E-state index contributed by atoms with van der Waals surface area (Å²) in [5, 5.41) is -2.16. The Morgan fingerprint density at radius 3 is 2.04 bits per heavy atom. The van der Waals surface area contributed by atoms with E-state index in [1.165, 1.54) is 4.90 Å². The molecule has 0 heterocycles. The summed E-state index contributed by atoms with van der Waals surface area (Å²) in [6, 6.07) is 10.1. The third-order valence-corrected chi connectivity index (χ3v) is 7.69. The summed E-state index contributed by atoms with van der Waals surface area (Å²) in [5.41, 5.74) is 5.63. The van der Waals surface area contributed by atoms with Gasteiger partial charge in [0.2, 0.25) is 0 Å². The predicted molar refractivity (Wildman–Crippen MR) is 101 cm³/mol. The molecule has 1 aromatic rings. The minimum absolute atomic E-state index is 0.110. The Balaban J connectivity index is 2.24. The fourth-order valence-electron chi connectivity index (χ4n) is 2.44. The summed E-state index contributed by atoms with van der Waals surface area (Å²) in [5.74, 6) is 1.01. The summed E-state index contributed by atoms with van der Waals surface area (Å²) in [7, 11) is -9.41. The Labute approximate surface area is 152 Å². The van der Waals surface area contributed by atoms with Crippen LogP contribution in [0.4, 0.5) is 0 Å². The SMILES string of the molecule is NC(CCCCCCCSc1ccccc1)(CP(=O)(O)O)P(=O)(O)O. The Hall–Kier alpha value is -0.170. The topological polar surface area (TPSA) is 141 Å². The van der Waals surface area contributed by atoms with E-state index in [9.17, 15) is 18.9 Å². The van der Waals surface area contributed by atoms with Crippen LogP contribution in [0.5, 0.6) is 0 Å². The van der Waals surface area contributed by atoms with Crippen LogP contribution in [0.3, 0.4) is 0 Å². The monoisotopic (exact) mass is 411 g/mol. The third-order valence-electron chi connectivity index (χ3n) is 3.83. The van der Waals surface area contributed by atoms with Crippen molar-refractivity contribution in [3.63, 3.8) is 0 Å². The lowest BCUT2D eigenvalue weighted by Gasteiger charge is -2.30. The zero-order chi connectivity index (χ0) is 19.0. The lowest BCUT2D eigenvalue weighted by molar-refractivity contribution is 0.307. The smallest absolute Gasteiger partial charge is 0.324 e. The van der Waals surface area contributed by atoms with Crippen LogP contribution in [0.25, 0.3) is 0 Å². The van der Waals surface area contributed by atoms with Gasteiger partial charge in [0.05, 0.1) is 6.16 Å². The molecular formula is C15H27NO6P2S. The summed E-state index contributed by atoms with van der Waals surface area (Å²) in [4.78, 5) is 37.9. The summed E-state index contributed by atoms with van der Waals surface area (Å²) in [6.07, 6.45) is 2.95. The second-order valence-corrected chi connectivity index (χ2v) is 10.9. The molecule has 7 nitrogen and oxygen atoms in total. The van der Waals surface area contributed by atoms with Gasteiger partial charge in [-0.05, 0) is 30.7 Å². The fraction of sp³-hybridized carbons (Fsp3) is 0.600. The van der Waals surface area contributed by atoms with Crippen LogP contribution in [0.2, 0.25) is 0 Å². The molecule has 144 valence electrons. The van der Waals surface area contributed by atoms with Crippen LogP contribution in [-0.2, 0) is 9.13 Å². The Bertz CT molecular complexity index is 605. The van der Waals surface area contributed by atoms with E-state index in [1.54, 1.807) is 11.8 Å². The van der Waals surface area contributed by atoms with Crippen LogP contribution in [0.15, 0.2) is 35.2 Å². The number of rotatable bonds is 12. The summed E-state index contributed by atoms with van der Waals surface area (Å²) < 4.78 is 22.6. The largest absolute Gasteiger partial charge is 0.345 e. The minimum Gasteiger partial charge on any atom is -0.324 e. The summed E-state index contributed by atoms with van der Waals surface area (Å²) in [6.45, 7) is 0. The maximum atomic E-state index is 11.5. The molecule has 0 aliphatic rings. The molecule has 1 unspecified atom stereocenters. The van der Waals surface area contributed by atoms with E-state index in [1.807, 2.05) is 18.2 Å². The highest BCUT2D eigenvalue weighted by atomic mass is 32.2. The molecule has 0 amide bonds. The van der Waals surface area contributed by atoms with Crippen molar-refractivity contribution < 1.29 is 28.7 Å². The molecule has 25 heavy (non-hydrogen) atoms. The van der Waals surface area contributed by atoms with Crippen LogP contribution < -0.4 is 5.73 Å².